The van der Waals surface area contributed by atoms with Crippen LogP contribution in [0.3, 0.4) is 0 Å². The Morgan fingerprint density at radius 2 is 2.11 bits per heavy atom. The Labute approximate surface area is 122 Å². The first kappa shape index (κ1) is 14.6. The molecule has 1 heterocycles. The molecule has 0 aromatic carbocycles. The first-order chi connectivity index (χ1) is 8.20. The van der Waals surface area contributed by atoms with Crippen molar-refractivity contribution in [3.63, 3.8) is 0 Å². The van der Waals surface area contributed by atoms with Crippen LogP contribution in [-0.4, -0.2) is 14.5 Å². The summed E-state index contributed by atoms with van der Waals surface area (Å²) >= 11 is 12.7. The maximum atomic E-state index is 12.2. The van der Waals surface area contributed by atoms with Crippen molar-refractivity contribution in [1.29, 1.82) is 0 Å². The fraction of sp³-hybridized carbons (Fsp3) is 0.636. The number of nitrogens with one attached hydrogen (secondary N) is 1. The Kier molecular flexibility index (Phi) is 4.01. The van der Waals surface area contributed by atoms with Gasteiger partial charge in [0.2, 0.25) is 10.0 Å². The molecular formula is C11H15Cl2NO2S2. The highest BCUT2D eigenvalue weighted by Crippen LogP contribution is 2.39. The lowest BCUT2D eigenvalue weighted by atomic mass is 9.92. The molecule has 0 aliphatic heterocycles. The minimum Gasteiger partial charge on any atom is -0.208 e. The van der Waals surface area contributed by atoms with E-state index >= 15 is 0 Å². The van der Waals surface area contributed by atoms with Crippen molar-refractivity contribution in [1.82, 2.24) is 4.72 Å². The molecule has 2 rings (SSSR count). The molecule has 0 spiro atoms. The van der Waals surface area contributed by atoms with Crippen LogP contribution in [0.25, 0.3) is 0 Å². The second-order valence-corrected chi connectivity index (χ2v) is 9.38. The minimum atomic E-state index is -3.56. The van der Waals surface area contributed by atoms with Crippen LogP contribution in [0.5, 0.6) is 0 Å². The van der Waals surface area contributed by atoms with Gasteiger partial charge >= 0.3 is 0 Å². The van der Waals surface area contributed by atoms with Gasteiger partial charge in [-0.3, -0.25) is 0 Å². The van der Waals surface area contributed by atoms with Gasteiger partial charge < -0.3 is 0 Å². The predicted molar refractivity (Wildman–Crippen MR) is 76.1 cm³/mol. The Bertz CT molecular complexity index is 551. The van der Waals surface area contributed by atoms with Crippen LogP contribution in [0.15, 0.2) is 11.0 Å². The molecule has 1 aromatic rings. The summed E-state index contributed by atoms with van der Waals surface area (Å²) in [4.78, 5) is 0.0869. The zero-order valence-corrected chi connectivity index (χ0v) is 13.3. The third kappa shape index (κ3) is 3.20. The Morgan fingerprint density at radius 3 is 2.56 bits per heavy atom. The van der Waals surface area contributed by atoms with Crippen molar-refractivity contribution in [3.05, 3.63) is 14.7 Å². The Hall–Kier alpha value is 0.190. The summed E-state index contributed by atoms with van der Waals surface area (Å²) in [5, 5.41) is 0. The predicted octanol–water partition coefficient (Wildman–Crippen LogP) is 3.91. The van der Waals surface area contributed by atoms with E-state index in [1.807, 2.05) is 0 Å². The highest BCUT2D eigenvalue weighted by molar-refractivity contribution is 7.89. The molecule has 1 N–H and O–H groups in total. The van der Waals surface area contributed by atoms with Gasteiger partial charge in [-0.2, -0.15) is 0 Å². The number of sulfonamides is 1. The number of thiophene rings is 1. The van der Waals surface area contributed by atoms with E-state index < -0.39 is 10.0 Å². The molecule has 3 nitrogen and oxygen atoms in total. The van der Waals surface area contributed by atoms with E-state index in [0.717, 1.165) is 30.6 Å². The second kappa shape index (κ2) is 4.94. The summed E-state index contributed by atoms with van der Waals surface area (Å²) in [6.07, 6.45) is 2.74. The van der Waals surface area contributed by atoms with Crippen molar-refractivity contribution < 1.29 is 8.42 Å². The normalized spacial score (nSPS) is 23.4. The molecule has 0 radical (unpaired) electrons. The lowest BCUT2D eigenvalue weighted by Gasteiger charge is -2.17. The van der Waals surface area contributed by atoms with Gasteiger partial charge in [0.25, 0.3) is 0 Å². The number of hydrogen-bond acceptors (Lipinski definition) is 3. The molecule has 1 fully saturated rings. The lowest BCUT2D eigenvalue weighted by molar-refractivity contribution is 0.372. The molecule has 0 saturated heterocycles. The first-order valence-corrected chi connectivity index (χ1v) is 8.72. The van der Waals surface area contributed by atoms with Gasteiger partial charge in [-0.05, 0) is 30.7 Å². The molecule has 7 heteroatoms. The van der Waals surface area contributed by atoms with E-state index in [1.54, 1.807) is 0 Å². The maximum absolute atomic E-state index is 12.2. The molecule has 1 aliphatic carbocycles. The summed E-state index contributed by atoms with van der Waals surface area (Å²) in [5.41, 5.74) is 0.198. The van der Waals surface area contributed by atoms with Crippen molar-refractivity contribution in [2.45, 2.75) is 44.0 Å². The van der Waals surface area contributed by atoms with Gasteiger partial charge in [-0.15, -0.1) is 11.3 Å². The summed E-state index contributed by atoms with van der Waals surface area (Å²) in [5.74, 6) is 0. The number of halogens is 2. The van der Waals surface area contributed by atoms with E-state index in [9.17, 15) is 8.42 Å². The highest BCUT2D eigenvalue weighted by atomic mass is 35.5. The van der Waals surface area contributed by atoms with Gasteiger partial charge in [0.15, 0.2) is 0 Å². The fourth-order valence-electron chi connectivity index (χ4n) is 2.33. The number of rotatable bonds is 3. The summed E-state index contributed by atoms with van der Waals surface area (Å²) < 4.78 is 27.7. The van der Waals surface area contributed by atoms with Crippen LogP contribution in [0.2, 0.25) is 8.67 Å². The van der Waals surface area contributed by atoms with Crippen LogP contribution in [-0.2, 0) is 10.0 Å². The van der Waals surface area contributed by atoms with Gasteiger partial charge in [-0.25, -0.2) is 13.1 Å². The van der Waals surface area contributed by atoms with Gasteiger partial charge in [0.05, 0.1) is 4.34 Å². The minimum absolute atomic E-state index is 0.0141. The molecule has 18 heavy (non-hydrogen) atoms. The van der Waals surface area contributed by atoms with Crippen molar-refractivity contribution >= 4 is 44.6 Å². The quantitative estimate of drug-likeness (QED) is 0.914. The molecular weight excluding hydrogens is 313 g/mol. The van der Waals surface area contributed by atoms with Crippen LogP contribution in [0.1, 0.15) is 33.1 Å². The summed E-state index contributed by atoms with van der Waals surface area (Å²) in [7, 11) is -3.56. The SMILES string of the molecule is CC1(C)CCC(NS(=O)(=O)c2cc(Cl)sc2Cl)C1. The van der Waals surface area contributed by atoms with E-state index in [0.29, 0.717) is 4.34 Å². The van der Waals surface area contributed by atoms with Crippen LogP contribution in [0.4, 0.5) is 0 Å². The smallest absolute Gasteiger partial charge is 0.208 e. The number of hydrogen-bond donors (Lipinski definition) is 1. The molecule has 0 bridgehead atoms. The largest absolute Gasteiger partial charge is 0.243 e. The topological polar surface area (TPSA) is 46.2 Å². The van der Waals surface area contributed by atoms with Crippen molar-refractivity contribution in [2.75, 3.05) is 0 Å². The van der Waals surface area contributed by atoms with Crippen molar-refractivity contribution in [2.24, 2.45) is 5.41 Å². The highest BCUT2D eigenvalue weighted by Gasteiger charge is 2.34. The molecule has 102 valence electrons. The molecule has 0 amide bonds. The Balaban J connectivity index is 2.16. The fourth-order valence-corrected chi connectivity index (χ4v) is 5.75. The summed E-state index contributed by atoms with van der Waals surface area (Å²) in [6, 6.07) is 1.39. The Morgan fingerprint density at radius 1 is 1.44 bits per heavy atom. The molecule has 1 aliphatic rings. The third-order valence-electron chi connectivity index (χ3n) is 3.21. The molecule has 1 saturated carbocycles. The first-order valence-electron chi connectivity index (χ1n) is 5.67. The zero-order valence-electron chi connectivity index (χ0n) is 10.2. The zero-order chi connectivity index (χ0) is 13.6. The standard InChI is InChI=1S/C11H15Cl2NO2S2/c1-11(2)4-3-7(6-11)14-18(15,16)8-5-9(12)17-10(8)13/h5,7,14H,3-4,6H2,1-2H3. The third-order valence-corrected chi connectivity index (χ3v) is 6.48. The summed E-state index contributed by atoms with van der Waals surface area (Å²) in [6.45, 7) is 4.30. The van der Waals surface area contributed by atoms with Crippen LogP contribution >= 0.6 is 34.5 Å². The lowest BCUT2D eigenvalue weighted by Crippen LogP contribution is -2.33. The van der Waals surface area contributed by atoms with Crippen LogP contribution in [0, 0.1) is 5.41 Å². The van der Waals surface area contributed by atoms with E-state index in [-0.39, 0.29) is 20.7 Å². The molecule has 1 aromatic heterocycles. The average molecular weight is 328 g/mol. The van der Waals surface area contributed by atoms with E-state index in [2.05, 4.69) is 18.6 Å². The van der Waals surface area contributed by atoms with Crippen molar-refractivity contribution in [3.8, 4) is 0 Å². The molecule has 1 unspecified atom stereocenters. The van der Waals surface area contributed by atoms with Gasteiger partial charge in [0, 0.05) is 6.04 Å². The van der Waals surface area contributed by atoms with Gasteiger partial charge in [0.1, 0.15) is 9.23 Å². The average Bonchev–Trinajstić information content (AvgIpc) is 2.69. The monoisotopic (exact) mass is 327 g/mol. The van der Waals surface area contributed by atoms with E-state index in [4.69, 9.17) is 23.2 Å². The molecule has 1 atom stereocenters. The van der Waals surface area contributed by atoms with Crippen LogP contribution < -0.4 is 4.72 Å². The maximum Gasteiger partial charge on any atom is 0.243 e. The van der Waals surface area contributed by atoms with E-state index in [1.165, 1.54) is 6.07 Å². The van der Waals surface area contributed by atoms with Gasteiger partial charge in [-0.1, -0.05) is 37.0 Å². The second-order valence-electron chi connectivity index (χ2n) is 5.41.